The second-order valence-electron chi connectivity index (χ2n) is 6.73. The van der Waals surface area contributed by atoms with Gasteiger partial charge in [-0.05, 0) is 29.7 Å². The number of phenols is 1. The van der Waals surface area contributed by atoms with Gasteiger partial charge in [0.05, 0.1) is 24.3 Å². The Morgan fingerprint density at radius 3 is 2.63 bits per heavy atom. The molecule has 1 saturated heterocycles. The topological polar surface area (TPSA) is 61.8 Å². The van der Waals surface area contributed by atoms with E-state index < -0.39 is 0 Å². The van der Waals surface area contributed by atoms with Crippen LogP contribution in [0.5, 0.6) is 5.75 Å². The number of nitrogens with zero attached hydrogens (tertiary/aromatic N) is 1. The number of hydrogen-bond donors (Lipinski definition) is 2. The number of ether oxygens (including phenoxy) is 1. The van der Waals surface area contributed by atoms with Gasteiger partial charge in [-0.3, -0.25) is 9.69 Å². The number of carbonyl (C=O) groups excluding carboxylic acids is 1. The number of nitrogens with one attached hydrogen (secondary N) is 1. The minimum Gasteiger partial charge on any atom is -0.506 e. The summed E-state index contributed by atoms with van der Waals surface area (Å²) in [5, 5.41) is 13.0. The van der Waals surface area contributed by atoms with Gasteiger partial charge in [-0.1, -0.05) is 48.0 Å². The fourth-order valence-corrected chi connectivity index (χ4v) is 3.40. The van der Waals surface area contributed by atoms with Crippen molar-refractivity contribution in [3.8, 4) is 5.75 Å². The Hall–Kier alpha value is -2.08. The maximum absolute atomic E-state index is 12.6. The molecule has 1 fully saturated rings. The number of aryl methyl sites for hydroxylation is 1. The van der Waals surface area contributed by atoms with Crippen molar-refractivity contribution in [1.82, 2.24) is 10.2 Å². The lowest BCUT2D eigenvalue weighted by molar-refractivity contribution is -0.122. The van der Waals surface area contributed by atoms with Crippen molar-refractivity contribution in [3.63, 3.8) is 0 Å². The first kappa shape index (κ1) is 19.7. The first-order chi connectivity index (χ1) is 13.1. The second-order valence-corrected chi connectivity index (χ2v) is 7.14. The molecule has 0 aromatic heterocycles. The maximum Gasteiger partial charge on any atom is 0.220 e. The summed E-state index contributed by atoms with van der Waals surface area (Å²) in [6, 6.07) is 15.0. The van der Waals surface area contributed by atoms with Crippen molar-refractivity contribution >= 4 is 17.5 Å². The molecule has 1 aliphatic rings. The van der Waals surface area contributed by atoms with Gasteiger partial charge < -0.3 is 15.2 Å². The van der Waals surface area contributed by atoms with Crippen molar-refractivity contribution < 1.29 is 14.6 Å². The van der Waals surface area contributed by atoms with E-state index in [-0.39, 0.29) is 17.7 Å². The van der Waals surface area contributed by atoms with Crippen molar-refractivity contribution in [3.05, 3.63) is 64.7 Å². The molecule has 2 N–H and O–H groups in total. The molecule has 0 saturated carbocycles. The lowest BCUT2D eigenvalue weighted by Crippen LogP contribution is -2.43. The van der Waals surface area contributed by atoms with Gasteiger partial charge >= 0.3 is 0 Å². The summed E-state index contributed by atoms with van der Waals surface area (Å²) in [4.78, 5) is 14.9. The van der Waals surface area contributed by atoms with E-state index in [0.717, 1.165) is 44.0 Å². The smallest absolute Gasteiger partial charge is 0.220 e. The number of rotatable bonds is 7. The molecule has 2 aromatic carbocycles. The van der Waals surface area contributed by atoms with Gasteiger partial charge in [0.25, 0.3) is 0 Å². The number of aromatic hydroxyl groups is 1. The molecule has 0 spiro atoms. The first-order valence-corrected chi connectivity index (χ1v) is 9.61. The monoisotopic (exact) mass is 388 g/mol. The van der Waals surface area contributed by atoms with E-state index in [1.54, 1.807) is 18.2 Å². The minimum absolute atomic E-state index is 0.00121. The molecule has 0 aliphatic carbocycles. The molecule has 27 heavy (non-hydrogen) atoms. The van der Waals surface area contributed by atoms with Crippen LogP contribution in [0.4, 0.5) is 0 Å². The fraction of sp³-hybridized carbons (Fsp3) is 0.381. The van der Waals surface area contributed by atoms with Crippen LogP contribution in [0, 0.1) is 0 Å². The Balaban J connectivity index is 1.60. The summed E-state index contributed by atoms with van der Waals surface area (Å²) in [6.45, 7) is 3.99. The van der Waals surface area contributed by atoms with Crippen LogP contribution in [0.1, 0.15) is 23.6 Å². The van der Waals surface area contributed by atoms with Gasteiger partial charge in [0.15, 0.2) is 0 Å². The van der Waals surface area contributed by atoms with E-state index in [4.69, 9.17) is 16.3 Å². The Bertz CT molecular complexity index is 748. The Kier molecular flexibility index (Phi) is 7.10. The molecule has 1 atom stereocenters. The van der Waals surface area contributed by atoms with Gasteiger partial charge in [-0.25, -0.2) is 0 Å². The molecule has 0 unspecified atom stereocenters. The zero-order valence-corrected chi connectivity index (χ0v) is 16.0. The molecule has 1 aliphatic heterocycles. The predicted octanol–water partition coefficient (Wildman–Crippen LogP) is 3.17. The molecule has 2 aromatic rings. The summed E-state index contributed by atoms with van der Waals surface area (Å²) < 4.78 is 5.42. The number of benzene rings is 2. The largest absolute Gasteiger partial charge is 0.506 e. The van der Waals surface area contributed by atoms with Crippen LogP contribution in [0.25, 0.3) is 0 Å². The summed E-state index contributed by atoms with van der Waals surface area (Å²) in [5.41, 5.74) is 2.03. The molecule has 3 rings (SSSR count). The van der Waals surface area contributed by atoms with Gasteiger partial charge in [0.2, 0.25) is 5.91 Å². The Morgan fingerprint density at radius 1 is 1.19 bits per heavy atom. The number of halogens is 1. The first-order valence-electron chi connectivity index (χ1n) is 9.23. The van der Waals surface area contributed by atoms with E-state index in [2.05, 4.69) is 10.2 Å². The van der Waals surface area contributed by atoms with Crippen LogP contribution in [-0.2, 0) is 16.0 Å². The standard InChI is InChI=1S/C21H25ClN2O3/c22-18-14-16(6-8-20(18)25)7-9-21(26)23-19(17-4-2-1-3-5-17)15-24-10-12-27-13-11-24/h1-6,8,14,19,25H,7,9-13,15H2,(H,23,26)/t19-/m0/s1. The number of amides is 1. The predicted molar refractivity (Wildman–Crippen MR) is 106 cm³/mol. The quantitative estimate of drug-likeness (QED) is 0.764. The van der Waals surface area contributed by atoms with E-state index in [9.17, 15) is 9.90 Å². The van der Waals surface area contributed by atoms with Crippen LogP contribution in [0.3, 0.4) is 0 Å². The highest BCUT2D eigenvalue weighted by Gasteiger charge is 2.20. The van der Waals surface area contributed by atoms with Crippen LogP contribution in [0.2, 0.25) is 5.02 Å². The molecule has 0 radical (unpaired) electrons. The normalized spacial score (nSPS) is 16.0. The third-order valence-corrected chi connectivity index (χ3v) is 5.04. The van der Waals surface area contributed by atoms with Crippen LogP contribution in [0.15, 0.2) is 48.5 Å². The molecule has 144 valence electrons. The van der Waals surface area contributed by atoms with Crippen molar-refractivity contribution in [2.75, 3.05) is 32.8 Å². The average molecular weight is 389 g/mol. The van der Waals surface area contributed by atoms with E-state index in [1.807, 2.05) is 30.3 Å². The van der Waals surface area contributed by atoms with Crippen LogP contribution < -0.4 is 5.32 Å². The van der Waals surface area contributed by atoms with Gasteiger partial charge in [-0.2, -0.15) is 0 Å². The molecule has 1 heterocycles. The lowest BCUT2D eigenvalue weighted by atomic mass is 10.0. The van der Waals surface area contributed by atoms with Gasteiger partial charge in [-0.15, -0.1) is 0 Å². The fourth-order valence-electron chi connectivity index (χ4n) is 3.19. The molecule has 1 amide bonds. The van der Waals surface area contributed by atoms with E-state index in [1.165, 1.54) is 0 Å². The minimum atomic E-state index is -0.0554. The highest BCUT2D eigenvalue weighted by molar-refractivity contribution is 6.32. The molecule has 0 bridgehead atoms. The van der Waals surface area contributed by atoms with Crippen molar-refractivity contribution in [1.29, 1.82) is 0 Å². The SMILES string of the molecule is O=C(CCc1ccc(O)c(Cl)c1)N[C@@H](CN1CCOCC1)c1ccccc1. The van der Waals surface area contributed by atoms with E-state index in [0.29, 0.717) is 17.9 Å². The molecule has 6 heteroatoms. The van der Waals surface area contributed by atoms with Crippen molar-refractivity contribution in [2.24, 2.45) is 0 Å². The third kappa shape index (κ3) is 5.96. The van der Waals surface area contributed by atoms with Crippen LogP contribution >= 0.6 is 11.6 Å². The Labute approximate surface area is 164 Å². The summed E-state index contributed by atoms with van der Waals surface area (Å²) >= 11 is 5.94. The van der Waals surface area contributed by atoms with Crippen LogP contribution in [-0.4, -0.2) is 48.8 Å². The van der Waals surface area contributed by atoms with Crippen molar-refractivity contribution in [2.45, 2.75) is 18.9 Å². The number of morpholine rings is 1. The summed E-state index contributed by atoms with van der Waals surface area (Å²) in [7, 11) is 0. The average Bonchev–Trinajstić information content (AvgIpc) is 2.70. The second kappa shape index (κ2) is 9.74. The lowest BCUT2D eigenvalue weighted by Gasteiger charge is -2.31. The number of carbonyl (C=O) groups is 1. The summed E-state index contributed by atoms with van der Waals surface area (Å²) in [5.74, 6) is 0.0563. The molecular formula is C21H25ClN2O3. The maximum atomic E-state index is 12.6. The molecular weight excluding hydrogens is 364 g/mol. The molecule has 5 nitrogen and oxygen atoms in total. The highest BCUT2D eigenvalue weighted by atomic mass is 35.5. The van der Waals surface area contributed by atoms with E-state index >= 15 is 0 Å². The number of hydrogen-bond acceptors (Lipinski definition) is 4. The highest BCUT2D eigenvalue weighted by Crippen LogP contribution is 2.24. The zero-order chi connectivity index (χ0) is 19.1. The number of phenolic OH excluding ortho intramolecular Hbond substituents is 1. The van der Waals surface area contributed by atoms with Gasteiger partial charge in [0.1, 0.15) is 5.75 Å². The third-order valence-electron chi connectivity index (χ3n) is 4.73. The zero-order valence-electron chi connectivity index (χ0n) is 15.2. The summed E-state index contributed by atoms with van der Waals surface area (Å²) in [6.07, 6.45) is 0.943. The Morgan fingerprint density at radius 2 is 1.93 bits per heavy atom. The van der Waals surface area contributed by atoms with Gasteiger partial charge in [0, 0.05) is 26.1 Å².